The molecule has 4 rings (SSSR count). The molecule has 1 N–H and O–H groups in total. The zero-order valence-electron chi connectivity index (χ0n) is 15.8. The van der Waals surface area contributed by atoms with Crippen LogP contribution in [0.3, 0.4) is 0 Å². The van der Waals surface area contributed by atoms with Gasteiger partial charge in [-0.25, -0.2) is 4.39 Å². The van der Waals surface area contributed by atoms with Crippen molar-refractivity contribution in [3.05, 3.63) is 62.7 Å². The van der Waals surface area contributed by atoms with Crippen LogP contribution >= 0.6 is 27.5 Å². The topological polar surface area (TPSA) is 64.7 Å². The zero-order chi connectivity index (χ0) is 22.3. The normalized spacial score (nSPS) is 14.1. The highest BCUT2D eigenvalue weighted by Gasteiger charge is 2.42. The van der Waals surface area contributed by atoms with E-state index in [2.05, 4.69) is 31.4 Å². The SMILES string of the molecule is O=C(Cn1nc(C(F)(F)F)c(Br)c1C1CC1)Nc1nn(Cc2cccc(F)c2)cc1Cl. The third kappa shape index (κ3) is 4.93. The maximum Gasteiger partial charge on any atom is 0.436 e. The maximum absolute atomic E-state index is 13.3. The van der Waals surface area contributed by atoms with Gasteiger partial charge in [0.25, 0.3) is 0 Å². The second kappa shape index (κ2) is 8.27. The number of nitrogens with zero attached hydrogens (tertiary/aromatic N) is 4. The molecule has 0 aliphatic heterocycles. The summed E-state index contributed by atoms with van der Waals surface area (Å²) in [7, 11) is 0. The van der Waals surface area contributed by atoms with Gasteiger partial charge in [0.1, 0.15) is 17.4 Å². The Labute approximate surface area is 187 Å². The minimum atomic E-state index is -4.64. The first-order valence-electron chi connectivity index (χ1n) is 9.22. The molecular weight excluding hydrogens is 506 g/mol. The average molecular weight is 521 g/mol. The minimum Gasteiger partial charge on any atom is -0.306 e. The number of carbonyl (C=O) groups excluding carboxylic acids is 1. The number of hydrogen-bond acceptors (Lipinski definition) is 3. The number of nitrogens with one attached hydrogen (secondary N) is 1. The second-order valence-corrected chi connectivity index (χ2v) is 8.38. The number of benzene rings is 1. The molecule has 1 saturated carbocycles. The summed E-state index contributed by atoms with van der Waals surface area (Å²) < 4.78 is 55.3. The number of hydrogen-bond donors (Lipinski definition) is 1. The molecule has 1 aliphatic carbocycles. The van der Waals surface area contributed by atoms with E-state index in [9.17, 15) is 22.4 Å². The van der Waals surface area contributed by atoms with Crippen LogP contribution in [0.1, 0.15) is 35.7 Å². The summed E-state index contributed by atoms with van der Waals surface area (Å²) in [6.45, 7) is -0.201. The number of aromatic nitrogens is 4. The molecule has 1 fully saturated rings. The van der Waals surface area contributed by atoms with E-state index >= 15 is 0 Å². The fourth-order valence-corrected chi connectivity index (χ4v) is 4.22. The molecule has 0 atom stereocenters. The van der Waals surface area contributed by atoms with E-state index in [1.54, 1.807) is 12.1 Å². The summed E-state index contributed by atoms with van der Waals surface area (Å²) >= 11 is 9.11. The number of halogens is 6. The molecule has 0 bridgehead atoms. The molecule has 1 aliphatic rings. The molecule has 1 amide bonds. The van der Waals surface area contributed by atoms with Crippen molar-refractivity contribution in [2.45, 2.75) is 38.0 Å². The van der Waals surface area contributed by atoms with Gasteiger partial charge in [0.05, 0.1) is 16.7 Å². The van der Waals surface area contributed by atoms with Gasteiger partial charge in [-0.2, -0.15) is 23.4 Å². The largest absolute Gasteiger partial charge is 0.436 e. The van der Waals surface area contributed by atoms with Gasteiger partial charge in [0.15, 0.2) is 11.5 Å². The third-order valence-corrected chi connectivity index (χ3v) is 5.72. The Hall–Kier alpha value is -2.40. The molecular formula is C19H15BrClF4N5O. The number of rotatable bonds is 6. The summed E-state index contributed by atoms with van der Waals surface area (Å²) in [6, 6.07) is 5.94. The van der Waals surface area contributed by atoms with Crippen LogP contribution < -0.4 is 5.32 Å². The number of alkyl halides is 3. The summed E-state index contributed by atoms with van der Waals surface area (Å²) in [5.74, 6) is -1.03. The van der Waals surface area contributed by atoms with E-state index in [0.717, 1.165) is 17.5 Å². The lowest BCUT2D eigenvalue weighted by molar-refractivity contribution is -0.142. The second-order valence-electron chi connectivity index (χ2n) is 7.18. The van der Waals surface area contributed by atoms with Crippen LogP contribution in [-0.2, 0) is 24.1 Å². The quantitative estimate of drug-likeness (QED) is 0.454. The van der Waals surface area contributed by atoms with Gasteiger partial charge < -0.3 is 5.32 Å². The van der Waals surface area contributed by atoms with Crippen molar-refractivity contribution in [3.8, 4) is 0 Å². The minimum absolute atomic E-state index is 0.0540. The molecule has 1 aromatic carbocycles. The van der Waals surface area contributed by atoms with E-state index in [1.807, 2.05) is 0 Å². The van der Waals surface area contributed by atoms with Crippen LogP contribution in [0.4, 0.5) is 23.4 Å². The summed E-state index contributed by atoms with van der Waals surface area (Å²) in [5.41, 5.74) is -0.0583. The summed E-state index contributed by atoms with van der Waals surface area (Å²) in [4.78, 5) is 12.5. The van der Waals surface area contributed by atoms with Gasteiger partial charge in [0, 0.05) is 12.1 Å². The predicted octanol–water partition coefficient (Wildman–Crippen LogP) is 5.22. The van der Waals surface area contributed by atoms with Gasteiger partial charge in [-0.05, 0) is 46.5 Å². The molecule has 0 saturated heterocycles. The van der Waals surface area contributed by atoms with Crippen molar-refractivity contribution in [1.82, 2.24) is 19.6 Å². The van der Waals surface area contributed by atoms with Gasteiger partial charge in [0.2, 0.25) is 5.91 Å². The van der Waals surface area contributed by atoms with Gasteiger partial charge >= 0.3 is 6.18 Å². The van der Waals surface area contributed by atoms with Crippen LogP contribution in [0, 0.1) is 5.82 Å². The first-order valence-corrected chi connectivity index (χ1v) is 10.4. The Bertz CT molecular complexity index is 1140. The Morgan fingerprint density at radius 3 is 2.68 bits per heavy atom. The predicted molar refractivity (Wildman–Crippen MR) is 108 cm³/mol. The van der Waals surface area contributed by atoms with Crippen LogP contribution in [0.5, 0.6) is 0 Å². The molecule has 6 nitrogen and oxygen atoms in total. The number of amides is 1. The Morgan fingerprint density at radius 1 is 1.29 bits per heavy atom. The highest BCUT2D eigenvalue weighted by atomic mass is 79.9. The Kier molecular flexibility index (Phi) is 5.82. The fourth-order valence-electron chi connectivity index (χ4n) is 3.19. The molecule has 2 aromatic heterocycles. The molecule has 164 valence electrons. The molecule has 2 heterocycles. The van der Waals surface area contributed by atoms with Crippen LogP contribution in [0.25, 0.3) is 0 Å². The van der Waals surface area contributed by atoms with Crippen LogP contribution in [0.15, 0.2) is 34.9 Å². The third-order valence-electron chi connectivity index (χ3n) is 4.67. The average Bonchev–Trinajstić information content (AvgIpc) is 3.36. The maximum atomic E-state index is 13.3. The van der Waals surface area contributed by atoms with E-state index < -0.39 is 24.3 Å². The van der Waals surface area contributed by atoms with Crippen molar-refractivity contribution in [2.24, 2.45) is 0 Å². The fraction of sp³-hybridized carbons (Fsp3) is 0.316. The van der Waals surface area contributed by atoms with Crippen molar-refractivity contribution in [1.29, 1.82) is 0 Å². The molecule has 0 radical (unpaired) electrons. The van der Waals surface area contributed by atoms with Crippen LogP contribution in [-0.4, -0.2) is 25.5 Å². The lowest BCUT2D eigenvalue weighted by Crippen LogP contribution is -2.22. The van der Waals surface area contributed by atoms with E-state index in [-0.39, 0.29) is 33.6 Å². The van der Waals surface area contributed by atoms with Crippen molar-refractivity contribution >= 4 is 39.3 Å². The van der Waals surface area contributed by atoms with E-state index in [1.165, 1.54) is 23.0 Å². The molecule has 0 unspecified atom stereocenters. The molecule has 31 heavy (non-hydrogen) atoms. The standard InChI is InChI=1S/C19H15BrClF4N5O/c20-15-16(11-4-5-11)30(27-17(15)19(23,24)25)9-14(31)26-18-13(21)8-29(28-18)7-10-2-1-3-12(22)6-10/h1-3,6,8,11H,4-5,7,9H2,(H,26,28,31). The highest BCUT2D eigenvalue weighted by Crippen LogP contribution is 2.47. The summed E-state index contributed by atoms with van der Waals surface area (Å²) in [5, 5.41) is 10.4. The first kappa shape index (κ1) is 21.8. The van der Waals surface area contributed by atoms with Crippen molar-refractivity contribution in [3.63, 3.8) is 0 Å². The molecule has 3 aromatic rings. The first-order chi connectivity index (χ1) is 14.6. The van der Waals surface area contributed by atoms with E-state index in [4.69, 9.17) is 11.6 Å². The lowest BCUT2D eigenvalue weighted by atomic mass is 10.2. The Balaban J connectivity index is 1.49. The lowest BCUT2D eigenvalue weighted by Gasteiger charge is -2.07. The van der Waals surface area contributed by atoms with Gasteiger partial charge in [-0.15, -0.1) is 0 Å². The molecule has 12 heteroatoms. The van der Waals surface area contributed by atoms with E-state index in [0.29, 0.717) is 11.3 Å². The highest BCUT2D eigenvalue weighted by molar-refractivity contribution is 9.10. The number of anilines is 1. The number of carbonyl (C=O) groups is 1. The monoisotopic (exact) mass is 519 g/mol. The van der Waals surface area contributed by atoms with Crippen LogP contribution in [0.2, 0.25) is 5.02 Å². The Morgan fingerprint density at radius 2 is 2.03 bits per heavy atom. The van der Waals surface area contributed by atoms with Gasteiger partial charge in [-0.3, -0.25) is 14.2 Å². The van der Waals surface area contributed by atoms with Crippen molar-refractivity contribution < 1.29 is 22.4 Å². The van der Waals surface area contributed by atoms with Crippen molar-refractivity contribution in [2.75, 3.05) is 5.32 Å². The summed E-state index contributed by atoms with van der Waals surface area (Å²) in [6.07, 6.45) is -1.70. The molecule has 0 spiro atoms. The smallest absolute Gasteiger partial charge is 0.306 e. The van der Waals surface area contributed by atoms with Gasteiger partial charge in [-0.1, -0.05) is 23.7 Å². The zero-order valence-corrected chi connectivity index (χ0v) is 18.1.